The van der Waals surface area contributed by atoms with Crippen LogP contribution >= 0.6 is 11.3 Å². The van der Waals surface area contributed by atoms with E-state index in [1.54, 1.807) is 36.5 Å². The van der Waals surface area contributed by atoms with Crippen LogP contribution in [0.5, 0.6) is 0 Å². The Kier molecular flexibility index (Phi) is 6.10. The van der Waals surface area contributed by atoms with Gasteiger partial charge in [-0.25, -0.2) is 13.1 Å². The summed E-state index contributed by atoms with van der Waals surface area (Å²) in [6, 6.07) is 11.9. The smallest absolute Gasteiger partial charge is 0.251 e. The second kappa shape index (κ2) is 8.51. The normalized spacial score (nSPS) is 11.4. The van der Waals surface area contributed by atoms with E-state index in [1.165, 1.54) is 23.3 Å². The lowest BCUT2D eigenvalue weighted by atomic mass is 10.1. The number of hydrogen-bond donors (Lipinski definition) is 2. The molecule has 0 saturated heterocycles. The van der Waals surface area contributed by atoms with Crippen LogP contribution in [0, 0.1) is 6.92 Å². The zero-order valence-corrected chi connectivity index (χ0v) is 16.4. The van der Waals surface area contributed by atoms with Crippen LogP contribution in [-0.4, -0.2) is 20.9 Å². The molecule has 0 saturated carbocycles. The van der Waals surface area contributed by atoms with Gasteiger partial charge in [-0.1, -0.05) is 12.1 Å². The van der Waals surface area contributed by atoms with Crippen LogP contribution in [0.3, 0.4) is 0 Å². The van der Waals surface area contributed by atoms with Gasteiger partial charge in [0, 0.05) is 17.0 Å². The van der Waals surface area contributed by atoms with Crippen LogP contribution in [0.15, 0.2) is 63.4 Å². The number of aryl methyl sites for hydroxylation is 1. The fourth-order valence-electron chi connectivity index (χ4n) is 2.52. The van der Waals surface area contributed by atoms with Crippen LogP contribution in [0.4, 0.5) is 0 Å². The molecule has 6 nitrogen and oxygen atoms in total. The molecule has 0 aliphatic heterocycles. The van der Waals surface area contributed by atoms with E-state index in [-0.39, 0.29) is 17.3 Å². The van der Waals surface area contributed by atoms with Gasteiger partial charge in [0.15, 0.2) is 0 Å². The molecule has 8 heteroatoms. The molecule has 0 spiro atoms. The van der Waals surface area contributed by atoms with Crippen molar-refractivity contribution in [3.05, 3.63) is 75.9 Å². The van der Waals surface area contributed by atoms with Gasteiger partial charge in [-0.15, -0.1) is 11.3 Å². The van der Waals surface area contributed by atoms with E-state index in [9.17, 15) is 13.2 Å². The first-order valence-electron chi connectivity index (χ1n) is 8.39. The Morgan fingerprint density at radius 3 is 2.74 bits per heavy atom. The lowest BCUT2D eigenvalue weighted by Crippen LogP contribution is -2.27. The molecule has 2 N–H and O–H groups in total. The second-order valence-electron chi connectivity index (χ2n) is 5.97. The van der Waals surface area contributed by atoms with Gasteiger partial charge in [-0.2, -0.15) is 0 Å². The Balaban J connectivity index is 1.68. The fourth-order valence-corrected chi connectivity index (χ4v) is 4.25. The third-order valence-electron chi connectivity index (χ3n) is 4.02. The molecule has 2 heterocycles. The first kappa shape index (κ1) is 19.3. The highest BCUT2D eigenvalue weighted by Crippen LogP contribution is 2.16. The van der Waals surface area contributed by atoms with Crippen molar-refractivity contribution in [2.45, 2.75) is 24.8 Å². The Morgan fingerprint density at radius 1 is 1.19 bits per heavy atom. The molecule has 0 aliphatic carbocycles. The summed E-state index contributed by atoms with van der Waals surface area (Å²) >= 11 is 1.64. The van der Waals surface area contributed by atoms with E-state index in [0.29, 0.717) is 23.4 Å². The van der Waals surface area contributed by atoms with Gasteiger partial charge in [0.2, 0.25) is 10.0 Å². The maximum Gasteiger partial charge on any atom is 0.251 e. The van der Waals surface area contributed by atoms with Crippen molar-refractivity contribution < 1.29 is 17.6 Å². The van der Waals surface area contributed by atoms with Crippen LogP contribution < -0.4 is 10.0 Å². The molecule has 27 heavy (non-hydrogen) atoms. The molecule has 142 valence electrons. The zero-order chi connectivity index (χ0) is 19.3. The minimum atomic E-state index is -3.75. The van der Waals surface area contributed by atoms with Gasteiger partial charge < -0.3 is 9.73 Å². The van der Waals surface area contributed by atoms with Gasteiger partial charge in [-0.3, -0.25) is 4.79 Å². The topological polar surface area (TPSA) is 88.4 Å². The highest BCUT2D eigenvalue weighted by atomic mass is 32.2. The molecule has 1 amide bonds. The van der Waals surface area contributed by atoms with Crippen molar-refractivity contribution in [2.24, 2.45) is 0 Å². The Morgan fingerprint density at radius 2 is 2.04 bits per heavy atom. The minimum Gasteiger partial charge on any atom is -0.468 e. The molecule has 3 aromatic rings. The molecule has 0 unspecified atom stereocenters. The van der Waals surface area contributed by atoms with Crippen molar-refractivity contribution in [2.75, 3.05) is 6.54 Å². The van der Waals surface area contributed by atoms with Crippen LogP contribution in [0.25, 0.3) is 0 Å². The molecule has 0 aliphatic rings. The maximum absolute atomic E-state index is 12.5. The second-order valence-corrected chi connectivity index (χ2v) is 8.77. The van der Waals surface area contributed by atoms with Gasteiger partial charge in [0.1, 0.15) is 5.76 Å². The molecule has 3 rings (SSSR count). The quantitative estimate of drug-likeness (QED) is 0.604. The number of sulfonamides is 1. The molecule has 2 aromatic heterocycles. The van der Waals surface area contributed by atoms with Crippen molar-refractivity contribution >= 4 is 27.3 Å². The Hall–Kier alpha value is -2.42. The van der Waals surface area contributed by atoms with E-state index >= 15 is 0 Å². The van der Waals surface area contributed by atoms with E-state index in [0.717, 1.165) is 6.42 Å². The predicted octanol–water partition coefficient (Wildman–Crippen LogP) is 3.10. The van der Waals surface area contributed by atoms with Crippen LogP contribution in [0.2, 0.25) is 0 Å². The summed E-state index contributed by atoms with van der Waals surface area (Å²) in [7, 11) is -3.75. The van der Waals surface area contributed by atoms with E-state index in [1.807, 2.05) is 17.5 Å². The third kappa shape index (κ3) is 5.06. The van der Waals surface area contributed by atoms with Crippen molar-refractivity contribution in [3.63, 3.8) is 0 Å². The van der Waals surface area contributed by atoms with Crippen molar-refractivity contribution in [1.29, 1.82) is 0 Å². The summed E-state index contributed by atoms with van der Waals surface area (Å²) in [5.74, 6) is 0.226. The van der Waals surface area contributed by atoms with E-state index in [4.69, 9.17) is 4.42 Å². The SMILES string of the molecule is Cc1ccc(S(=O)(=O)NCc2ccco2)cc1C(=O)NCCc1cccs1. The molecule has 0 radical (unpaired) electrons. The number of carbonyl (C=O) groups excluding carboxylic acids is 1. The molecular formula is C19H20N2O4S2. The van der Waals surface area contributed by atoms with Crippen LogP contribution in [0.1, 0.15) is 26.6 Å². The third-order valence-corrected chi connectivity index (χ3v) is 6.35. The van der Waals surface area contributed by atoms with Gasteiger partial charge >= 0.3 is 0 Å². The summed E-state index contributed by atoms with van der Waals surface area (Å²) in [4.78, 5) is 13.7. The number of hydrogen-bond acceptors (Lipinski definition) is 5. The summed E-state index contributed by atoms with van der Waals surface area (Å²) < 4.78 is 32.6. The number of thiophene rings is 1. The minimum absolute atomic E-state index is 0.0445. The molecule has 0 atom stereocenters. The molecule has 1 aromatic carbocycles. The number of nitrogens with one attached hydrogen (secondary N) is 2. The highest BCUT2D eigenvalue weighted by molar-refractivity contribution is 7.89. The fraction of sp³-hybridized carbons (Fsp3) is 0.211. The number of amides is 1. The molecule has 0 fully saturated rings. The summed E-state index contributed by atoms with van der Waals surface area (Å²) in [6.07, 6.45) is 2.22. The highest BCUT2D eigenvalue weighted by Gasteiger charge is 2.18. The van der Waals surface area contributed by atoms with Crippen LogP contribution in [-0.2, 0) is 23.0 Å². The lowest BCUT2D eigenvalue weighted by molar-refractivity contribution is 0.0953. The van der Waals surface area contributed by atoms with Crippen molar-refractivity contribution in [3.8, 4) is 0 Å². The number of furan rings is 1. The van der Waals surface area contributed by atoms with Crippen molar-refractivity contribution in [1.82, 2.24) is 10.0 Å². The van der Waals surface area contributed by atoms with E-state index < -0.39 is 10.0 Å². The number of carbonyl (C=O) groups is 1. The summed E-state index contributed by atoms with van der Waals surface area (Å²) in [5, 5.41) is 4.84. The van der Waals surface area contributed by atoms with Gasteiger partial charge in [-0.05, 0) is 54.6 Å². The number of benzene rings is 1. The predicted molar refractivity (Wildman–Crippen MR) is 104 cm³/mol. The van der Waals surface area contributed by atoms with Gasteiger partial charge in [0.25, 0.3) is 5.91 Å². The van der Waals surface area contributed by atoms with Gasteiger partial charge in [0.05, 0.1) is 17.7 Å². The zero-order valence-electron chi connectivity index (χ0n) is 14.8. The summed E-state index contributed by atoms with van der Waals surface area (Å²) in [5.41, 5.74) is 1.07. The lowest BCUT2D eigenvalue weighted by Gasteiger charge is -2.11. The number of rotatable bonds is 8. The average molecular weight is 405 g/mol. The average Bonchev–Trinajstić information content (AvgIpc) is 3.34. The first-order valence-corrected chi connectivity index (χ1v) is 10.8. The standard InChI is InChI=1S/C19H20N2O4S2/c1-14-6-7-17(27(23,24)21-13-15-4-2-10-25-15)12-18(14)19(22)20-9-8-16-5-3-11-26-16/h2-7,10-12,21H,8-9,13H2,1H3,(H,20,22). The summed E-state index contributed by atoms with van der Waals surface area (Å²) in [6.45, 7) is 2.32. The van der Waals surface area contributed by atoms with E-state index in [2.05, 4.69) is 10.0 Å². The Bertz CT molecular complexity index is 995. The monoisotopic (exact) mass is 404 g/mol. The molecular weight excluding hydrogens is 384 g/mol. The Labute approximate surface area is 162 Å². The first-order chi connectivity index (χ1) is 13.0. The molecule has 0 bridgehead atoms. The maximum atomic E-state index is 12.5. The largest absolute Gasteiger partial charge is 0.468 e.